The van der Waals surface area contributed by atoms with E-state index in [2.05, 4.69) is 34.9 Å². The van der Waals surface area contributed by atoms with Gasteiger partial charge in [0, 0.05) is 24.9 Å². The first kappa shape index (κ1) is 24.8. The van der Waals surface area contributed by atoms with Crippen molar-refractivity contribution in [3.05, 3.63) is 59.7 Å². The van der Waals surface area contributed by atoms with Gasteiger partial charge in [-0.1, -0.05) is 74.2 Å². The van der Waals surface area contributed by atoms with Gasteiger partial charge in [-0.05, 0) is 41.0 Å². The Labute approximate surface area is 206 Å². The first-order valence-electron chi connectivity index (χ1n) is 12.5. The number of benzene rings is 2. The molecule has 4 rings (SSSR count). The average molecular weight is 479 g/mol. The van der Waals surface area contributed by atoms with E-state index in [-0.39, 0.29) is 37.2 Å². The molecule has 7 heteroatoms. The SMILES string of the molecule is CC(CC(=O)NCC(CC(=O)O)C1CCCC1)NC(=O)OCC1c2ccccc2-c2ccccc21. The highest BCUT2D eigenvalue weighted by Crippen LogP contribution is 2.44. The number of amides is 2. The van der Waals surface area contributed by atoms with Crippen molar-refractivity contribution in [3.8, 4) is 11.1 Å². The van der Waals surface area contributed by atoms with E-state index in [0.717, 1.165) is 36.8 Å². The van der Waals surface area contributed by atoms with Crippen LogP contribution in [0.25, 0.3) is 11.1 Å². The summed E-state index contributed by atoms with van der Waals surface area (Å²) < 4.78 is 5.55. The second kappa shape index (κ2) is 11.4. The molecule has 2 aromatic rings. The van der Waals surface area contributed by atoms with Crippen LogP contribution in [0.15, 0.2) is 48.5 Å². The highest BCUT2D eigenvalue weighted by Gasteiger charge is 2.30. The monoisotopic (exact) mass is 478 g/mol. The Kier molecular flexibility index (Phi) is 8.06. The van der Waals surface area contributed by atoms with E-state index >= 15 is 0 Å². The van der Waals surface area contributed by atoms with E-state index in [1.54, 1.807) is 6.92 Å². The number of fused-ring (bicyclic) bond motifs is 3. The highest BCUT2D eigenvalue weighted by molar-refractivity contribution is 5.79. The molecule has 0 bridgehead atoms. The highest BCUT2D eigenvalue weighted by atomic mass is 16.5. The summed E-state index contributed by atoms with van der Waals surface area (Å²) in [7, 11) is 0. The molecule has 7 nitrogen and oxygen atoms in total. The third kappa shape index (κ3) is 6.21. The van der Waals surface area contributed by atoms with E-state index in [4.69, 9.17) is 4.74 Å². The molecule has 0 saturated heterocycles. The molecule has 2 amide bonds. The zero-order valence-electron chi connectivity index (χ0n) is 20.2. The smallest absolute Gasteiger partial charge is 0.407 e. The maximum Gasteiger partial charge on any atom is 0.407 e. The van der Waals surface area contributed by atoms with Gasteiger partial charge >= 0.3 is 12.1 Å². The summed E-state index contributed by atoms with van der Waals surface area (Å²) in [5.41, 5.74) is 4.63. The van der Waals surface area contributed by atoms with Gasteiger partial charge in [-0.3, -0.25) is 9.59 Å². The van der Waals surface area contributed by atoms with E-state index in [1.807, 2.05) is 24.3 Å². The van der Waals surface area contributed by atoms with Crippen LogP contribution in [0, 0.1) is 11.8 Å². The second-order valence-corrected chi connectivity index (χ2v) is 9.78. The number of nitrogens with one attached hydrogen (secondary N) is 2. The van der Waals surface area contributed by atoms with E-state index in [1.165, 1.54) is 11.1 Å². The van der Waals surface area contributed by atoms with Crippen molar-refractivity contribution in [2.45, 2.75) is 57.4 Å². The number of carbonyl (C=O) groups excluding carboxylic acids is 2. The Balaban J connectivity index is 1.24. The standard InChI is InChI=1S/C28H34N2O5/c1-18(14-26(31)29-16-20(15-27(32)33)19-8-2-3-9-19)30-28(34)35-17-25-23-12-6-4-10-21(23)22-11-5-7-13-24(22)25/h4-7,10-13,18-20,25H,2-3,8-9,14-17H2,1H3,(H,29,31)(H,30,34)(H,32,33). The maximum absolute atomic E-state index is 12.4. The molecular weight excluding hydrogens is 444 g/mol. The predicted molar refractivity (Wildman–Crippen MR) is 133 cm³/mol. The van der Waals surface area contributed by atoms with Crippen molar-refractivity contribution in [2.75, 3.05) is 13.2 Å². The van der Waals surface area contributed by atoms with Crippen LogP contribution in [0.4, 0.5) is 4.79 Å². The number of hydrogen-bond donors (Lipinski definition) is 3. The zero-order chi connectivity index (χ0) is 24.8. The quantitative estimate of drug-likeness (QED) is 0.459. The lowest BCUT2D eigenvalue weighted by molar-refractivity contribution is -0.138. The van der Waals surface area contributed by atoms with Crippen molar-refractivity contribution in [2.24, 2.45) is 11.8 Å². The minimum Gasteiger partial charge on any atom is -0.481 e. The van der Waals surface area contributed by atoms with Crippen LogP contribution >= 0.6 is 0 Å². The summed E-state index contributed by atoms with van der Waals surface area (Å²) >= 11 is 0. The Morgan fingerprint density at radius 2 is 1.57 bits per heavy atom. The molecule has 2 atom stereocenters. The van der Waals surface area contributed by atoms with Gasteiger partial charge in [-0.25, -0.2) is 4.79 Å². The minimum absolute atomic E-state index is 0.0199. The van der Waals surface area contributed by atoms with Gasteiger partial charge in [0.2, 0.25) is 5.91 Å². The first-order chi connectivity index (χ1) is 16.9. The van der Waals surface area contributed by atoms with Crippen molar-refractivity contribution in [3.63, 3.8) is 0 Å². The molecule has 0 radical (unpaired) electrons. The fourth-order valence-electron chi connectivity index (χ4n) is 5.55. The van der Waals surface area contributed by atoms with Crippen LogP contribution in [-0.4, -0.2) is 42.3 Å². The van der Waals surface area contributed by atoms with Crippen molar-refractivity contribution < 1.29 is 24.2 Å². The molecule has 2 aromatic carbocycles. The number of carboxylic acid groups (broad SMARTS) is 1. The molecule has 2 unspecified atom stereocenters. The third-order valence-electron chi connectivity index (χ3n) is 7.26. The molecule has 2 aliphatic carbocycles. The number of ether oxygens (including phenoxy) is 1. The summed E-state index contributed by atoms with van der Waals surface area (Å²) in [6, 6.07) is 15.9. The van der Waals surface area contributed by atoms with Gasteiger partial charge in [-0.2, -0.15) is 0 Å². The zero-order valence-corrected chi connectivity index (χ0v) is 20.2. The van der Waals surface area contributed by atoms with E-state index in [9.17, 15) is 19.5 Å². The van der Waals surface area contributed by atoms with Crippen LogP contribution in [-0.2, 0) is 14.3 Å². The van der Waals surface area contributed by atoms with Crippen LogP contribution < -0.4 is 10.6 Å². The fourth-order valence-corrected chi connectivity index (χ4v) is 5.55. The number of aliphatic carboxylic acids is 1. The normalized spacial score (nSPS) is 16.7. The molecule has 35 heavy (non-hydrogen) atoms. The molecule has 3 N–H and O–H groups in total. The van der Waals surface area contributed by atoms with Crippen LogP contribution in [0.3, 0.4) is 0 Å². The third-order valence-corrected chi connectivity index (χ3v) is 7.26. The lowest BCUT2D eigenvalue weighted by Crippen LogP contribution is -2.40. The first-order valence-corrected chi connectivity index (χ1v) is 12.5. The van der Waals surface area contributed by atoms with Crippen molar-refractivity contribution in [1.29, 1.82) is 0 Å². The lowest BCUT2D eigenvalue weighted by atomic mass is 9.88. The van der Waals surface area contributed by atoms with Crippen LogP contribution in [0.2, 0.25) is 0 Å². The molecule has 186 valence electrons. The number of rotatable bonds is 10. The molecule has 0 aliphatic heterocycles. The van der Waals surface area contributed by atoms with Gasteiger partial charge in [0.25, 0.3) is 0 Å². The van der Waals surface area contributed by atoms with Crippen molar-refractivity contribution >= 4 is 18.0 Å². The number of hydrogen-bond acceptors (Lipinski definition) is 4. The van der Waals surface area contributed by atoms with Crippen LogP contribution in [0.5, 0.6) is 0 Å². The van der Waals surface area contributed by atoms with Gasteiger partial charge in [0.1, 0.15) is 6.61 Å². The average Bonchev–Trinajstić information content (AvgIpc) is 3.47. The Hall–Kier alpha value is -3.35. The molecule has 1 fully saturated rings. The summed E-state index contributed by atoms with van der Waals surface area (Å²) in [4.78, 5) is 36.1. The molecular formula is C28H34N2O5. The molecule has 0 spiro atoms. The Bertz CT molecular complexity index is 1020. The predicted octanol–water partition coefficient (Wildman–Crippen LogP) is 4.70. The van der Waals surface area contributed by atoms with Crippen molar-refractivity contribution in [1.82, 2.24) is 10.6 Å². The summed E-state index contributed by atoms with van der Waals surface area (Å²) in [6.07, 6.45) is 3.90. The minimum atomic E-state index is -0.832. The summed E-state index contributed by atoms with van der Waals surface area (Å²) in [6.45, 7) is 2.33. The van der Waals surface area contributed by atoms with Gasteiger partial charge in [0.15, 0.2) is 0 Å². The largest absolute Gasteiger partial charge is 0.481 e. The Morgan fingerprint density at radius 1 is 0.971 bits per heavy atom. The van der Waals surface area contributed by atoms with Gasteiger partial charge < -0.3 is 20.5 Å². The topological polar surface area (TPSA) is 105 Å². The number of carbonyl (C=O) groups is 3. The van der Waals surface area contributed by atoms with Gasteiger partial charge in [0.05, 0.1) is 6.42 Å². The fraction of sp³-hybridized carbons (Fsp3) is 0.464. The van der Waals surface area contributed by atoms with E-state index < -0.39 is 18.1 Å². The maximum atomic E-state index is 12.4. The van der Waals surface area contributed by atoms with E-state index in [0.29, 0.717) is 12.5 Å². The summed E-state index contributed by atoms with van der Waals surface area (Å²) in [5, 5.41) is 14.8. The number of carboxylic acids is 1. The second-order valence-electron chi connectivity index (χ2n) is 9.78. The van der Waals surface area contributed by atoms with Gasteiger partial charge in [-0.15, -0.1) is 0 Å². The molecule has 0 heterocycles. The molecule has 2 aliphatic rings. The molecule has 1 saturated carbocycles. The lowest BCUT2D eigenvalue weighted by Gasteiger charge is -2.22. The van der Waals surface area contributed by atoms with Crippen LogP contribution in [0.1, 0.15) is 62.5 Å². The summed E-state index contributed by atoms with van der Waals surface area (Å²) in [5.74, 6) is -0.757. The number of alkyl carbamates (subject to hydrolysis) is 1. The molecule has 0 aromatic heterocycles. The Morgan fingerprint density at radius 3 is 2.17 bits per heavy atom.